The van der Waals surface area contributed by atoms with Crippen LogP contribution in [0.15, 0.2) is 23.4 Å². The number of benzene rings is 1. The topological polar surface area (TPSA) is 81.9 Å². The molecule has 0 bridgehead atoms. The summed E-state index contributed by atoms with van der Waals surface area (Å²) in [6.07, 6.45) is 5.82. The molecule has 3 rings (SSSR count). The van der Waals surface area contributed by atoms with Crippen LogP contribution in [-0.2, 0) is 4.79 Å². The summed E-state index contributed by atoms with van der Waals surface area (Å²) in [6, 6.07) is 6.13. The quantitative estimate of drug-likeness (QED) is 0.796. The van der Waals surface area contributed by atoms with Gasteiger partial charge in [-0.05, 0) is 47.9 Å². The molecule has 0 atom stereocenters. The molecule has 7 nitrogen and oxygen atoms in total. The molecular formula is C17H23N5O2S. The Labute approximate surface area is 151 Å². The van der Waals surface area contributed by atoms with Crippen LogP contribution in [0.1, 0.15) is 37.7 Å². The van der Waals surface area contributed by atoms with Crippen molar-refractivity contribution in [1.82, 2.24) is 25.5 Å². The van der Waals surface area contributed by atoms with Crippen molar-refractivity contribution in [3.63, 3.8) is 0 Å². The number of ether oxygens (including phenoxy) is 1. The van der Waals surface area contributed by atoms with Crippen LogP contribution >= 0.6 is 11.8 Å². The molecule has 134 valence electrons. The Kier molecular flexibility index (Phi) is 5.91. The van der Waals surface area contributed by atoms with Gasteiger partial charge in [-0.3, -0.25) is 4.79 Å². The lowest BCUT2D eigenvalue weighted by atomic mass is 9.95. The van der Waals surface area contributed by atoms with Crippen LogP contribution < -0.4 is 10.1 Å². The number of aryl methyl sites for hydroxylation is 1. The zero-order valence-electron chi connectivity index (χ0n) is 14.6. The van der Waals surface area contributed by atoms with Gasteiger partial charge in [0.15, 0.2) is 0 Å². The molecule has 0 unspecified atom stereocenters. The largest absolute Gasteiger partial charge is 0.494 e. The fourth-order valence-corrected chi connectivity index (χ4v) is 3.73. The van der Waals surface area contributed by atoms with Crippen molar-refractivity contribution >= 4 is 17.7 Å². The number of thioether (sulfide) groups is 1. The lowest BCUT2D eigenvalue weighted by Gasteiger charge is -2.22. The van der Waals surface area contributed by atoms with Crippen LogP contribution in [-0.4, -0.2) is 45.0 Å². The summed E-state index contributed by atoms with van der Waals surface area (Å²) in [6.45, 7) is 2.00. The monoisotopic (exact) mass is 361 g/mol. The molecule has 1 N–H and O–H groups in total. The summed E-state index contributed by atoms with van der Waals surface area (Å²) >= 11 is 1.33. The van der Waals surface area contributed by atoms with Gasteiger partial charge in [0.05, 0.1) is 12.9 Å². The van der Waals surface area contributed by atoms with Crippen LogP contribution in [0, 0.1) is 6.92 Å². The maximum absolute atomic E-state index is 12.2. The van der Waals surface area contributed by atoms with E-state index in [2.05, 4.69) is 20.8 Å². The lowest BCUT2D eigenvalue weighted by molar-refractivity contribution is -0.119. The number of amides is 1. The summed E-state index contributed by atoms with van der Waals surface area (Å²) in [7, 11) is 1.61. The van der Waals surface area contributed by atoms with Crippen molar-refractivity contribution in [3.05, 3.63) is 23.8 Å². The first-order valence-electron chi connectivity index (χ1n) is 8.53. The van der Waals surface area contributed by atoms with E-state index >= 15 is 0 Å². The van der Waals surface area contributed by atoms with Crippen molar-refractivity contribution in [3.8, 4) is 11.4 Å². The van der Waals surface area contributed by atoms with Crippen LogP contribution in [0.3, 0.4) is 0 Å². The van der Waals surface area contributed by atoms with Crippen LogP contribution in [0.4, 0.5) is 0 Å². The number of hydrogen-bond acceptors (Lipinski definition) is 6. The second-order valence-electron chi connectivity index (χ2n) is 6.24. The second-order valence-corrected chi connectivity index (χ2v) is 7.18. The highest BCUT2D eigenvalue weighted by molar-refractivity contribution is 7.99. The molecule has 0 aliphatic heterocycles. The highest BCUT2D eigenvalue weighted by atomic mass is 32.2. The highest BCUT2D eigenvalue weighted by Gasteiger charge is 2.18. The summed E-state index contributed by atoms with van der Waals surface area (Å²) in [5.74, 6) is 1.01. The maximum Gasteiger partial charge on any atom is 0.230 e. The third-order valence-corrected chi connectivity index (χ3v) is 5.23. The molecule has 1 fully saturated rings. The van der Waals surface area contributed by atoms with E-state index in [9.17, 15) is 4.79 Å². The Morgan fingerprint density at radius 3 is 2.92 bits per heavy atom. The first-order valence-corrected chi connectivity index (χ1v) is 9.51. The Bertz CT molecular complexity index is 728. The molecule has 1 aliphatic rings. The summed E-state index contributed by atoms with van der Waals surface area (Å²) < 4.78 is 7.02. The van der Waals surface area contributed by atoms with Gasteiger partial charge in [-0.15, -0.1) is 5.10 Å². The van der Waals surface area contributed by atoms with Gasteiger partial charge in [0.2, 0.25) is 11.1 Å². The highest BCUT2D eigenvalue weighted by Crippen LogP contribution is 2.27. The van der Waals surface area contributed by atoms with Gasteiger partial charge in [-0.1, -0.05) is 37.1 Å². The van der Waals surface area contributed by atoms with Gasteiger partial charge >= 0.3 is 0 Å². The van der Waals surface area contributed by atoms with E-state index < -0.39 is 0 Å². The molecule has 1 amide bonds. The van der Waals surface area contributed by atoms with Crippen LogP contribution in [0.25, 0.3) is 5.69 Å². The first kappa shape index (κ1) is 17.7. The predicted octanol–water partition coefficient (Wildman–Crippen LogP) is 2.52. The Balaban J connectivity index is 1.66. The molecule has 1 aromatic heterocycles. The fourth-order valence-electron chi connectivity index (χ4n) is 3.03. The molecule has 2 aromatic rings. The maximum atomic E-state index is 12.2. The summed E-state index contributed by atoms with van der Waals surface area (Å²) in [4.78, 5) is 12.2. The van der Waals surface area contributed by atoms with Crippen molar-refractivity contribution in [2.24, 2.45) is 0 Å². The lowest BCUT2D eigenvalue weighted by Crippen LogP contribution is -2.37. The molecular weight excluding hydrogens is 338 g/mol. The third kappa shape index (κ3) is 4.50. The van der Waals surface area contributed by atoms with E-state index in [0.717, 1.165) is 24.1 Å². The van der Waals surface area contributed by atoms with Crippen molar-refractivity contribution in [2.75, 3.05) is 12.9 Å². The number of carbonyl (C=O) groups is 1. The molecule has 1 aliphatic carbocycles. The Morgan fingerprint density at radius 1 is 1.36 bits per heavy atom. The smallest absolute Gasteiger partial charge is 0.230 e. The van der Waals surface area contributed by atoms with E-state index in [4.69, 9.17) is 4.74 Å². The number of carbonyl (C=O) groups excluding carboxylic acids is 1. The van der Waals surface area contributed by atoms with Gasteiger partial charge in [0.1, 0.15) is 11.4 Å². The van der Waals surface area contributed by atoms with Crippen molar-refractivity contribution in [2.45, 2.75) is 50.2 Å². The van der Waals surface area contributed by atoms with E-state index in [-0.39, 0.29) is 5.91 Å². The normalized spacial score (nSPS) is 15.1. The van der Waals surface area contributed by atoms with E-state index in [0.29, 0.717) is 22.7 Å². The third-order valence-electron chi connectivity index (χ3n) is 4.31. The molecule has 1 aromatic carbocycles. The summed E-state index contributed by atoms with van der Waals surface area (Å²) in [5.41, 5.74) is 1.85. The Hall–Kier alpha value is -2.09. The van der Waals surface area contributed by atoms with Gasteiger partial charge in [-0.25, -0.2) is 0 Å². The average Bonchev–Trinajstić information content (AvgIpc) is 3.09. The van der Waals surface area contributed by atoms with Crippen molar-refractivity contribution < 1.29 is 9.53 Å². The van der Waals surface area contributed by atoms with Crippen molar-refractivity contribution in [1.29, 1.82) is 0 Å². The first-order chi connectivity index (χ1) is 12.2. The predicted molar refractivity (Wildman–Crippen MR) is 96.2 cm³/mol. The fraction of sp³-hybridized carbons (Fsp3) is 0.529. The second kappa shape index (κ2) is 8.33. The molecule has 25 heavy (non-hydrogen) atoms. The van der Waals surface area contributed by atoms with Crippen LogP contribution in [0.2, 0.25) is 0 Å². The Morgan fingerprint density at radius 2 is 2.16 bits per heavy atom. The number of rotatable bonds is 6. The average molecular weight is 361 g/mol. The van der Waals surface area contributed by atoms with Crippen LogP contribution in [0.5, 0.6) is 5.75 Å². The van der Waals surface area contributed by atoms with Gasteiger partial charge in [-0.2, -0.15) is 4.68 Å². The zero-order chi connectivity index (χ0) is 17.6. The molecule has 0 radical (unpaired) electrons. The minimum absolute atomic E-state index is 0.0302. The zero-order valence-corrected chi connectivity index (χ0v) is 15.4. The van der Waals surface area contributed by atoms with Gasteiger partial charge in [0, 0.05) is 6.04 Å². The molecule has 0 saturated heterocycles. The van der Waals surface area contributed by atoms with Gasteiger partial charge in [0.25, 0.3) is 0 Å². The number of methoxy groups -OCH3 is 1. The molecule has 8 heteroatoms. The SMILES string of the molecule is COc1ccc(C)cc1-n1nnnc1SCC(=O)NC1CCCCC1. The minimum atomic E-state index is 0.0302. The minimum Gasteiger partial charge on any atom is -0.494 e. The van der Waals surface area contributed by atoms with Gasteiger partial charge < -0.3 is 10.1 Å². The molecule has 0 spiro atoms. The summed E-state index contributed by atoms with van der Waals surface area (Å²) in [5, 5.41) is 15.5. The number of nitrogens with one attached hydrogen (secondary N) is 1. The molecule has 1 saturated carbocycles. The number of aromatic nitrogens is 4. The number of tetrazole rings is 1. The number of hydrogen-bond donors (Lipinski definition) is 1. The number of nitrogens with zero attached hydrogens (tertiary/aromatic N) is 4. The van der Waals surface area contributed by atoms with E-state index in [1.54, 1.807) is 11.8 Å². The van der Waals surface area contributed by atoms with E-state index in [1.165, 1.54) is 31.0 Å². The standard InChI is InChI=1S/C17H23N5O2S/c1-12-8-9-15(24-2)14(10-12)22-17(19-20-21-22)25-11-16(23)18-13-6-4-3-5-7-13/h8-10,13H,3-7,11H2,1-2H3,(H,18,23). The molecule has 1 heterocycles. The van der Waals surface area contributed by atoms with E-state index in [1.807, 2.05) is 25.1 Å².